The van der Waals surface area contributed by atoms with E-state index in [0.717, 1.165) is 37.1 Å². The van der Waals surface area contributed by atoms with Gasteiger partial charge in [0.1, 0.15) is 12.4 Å². The van der Waals surface area contributed by atoms with Crippen molar-refractivity contribution in [1.82, 2.24) is 10.2 Å². The van der Waals surface area contributed by atoms with Crippen LogP contribution in [0.3, 0.4) is 0 Å². The Labute approximate surface area is 139 Å². The van der Waals surface area contributed by atoms with E-state index in [2.05, 4.69) is 12.2 Å². The summed E-state index contributed by atoms with van der Waals surface area (Å²) in [5.41, 5.74) is 0.770. The molecule has 0 spiro atoms. The van der Waals surface area contributed by atoms with Gasteiger partial charge in [-0.3, -0.25) is 4.79 Å². The number of carbonyl (C=O) groups is 1. The zero-order valence-electron chi connectivity index (χ0n) is 13.7. The number of halogens is 1. The second-order valence-electron chi connectivity index (χ2n) is 5.81. The van der Waals surface area contributed by atoms with Crippen molar-refractivity contribution in [3.8, 4) is 5.75 Å². The summed E-state index contributed by atoms with van der Waals surface area (Å²) in [6, 6.07) is 7.95. The van der Waals surface area contributed by atoms with E-state index in [1.807, 2.05) is 38.2 Å². The highest BCUT2D eigenvalue weighted by molar-refractivity contribution is 5.86. The van der Waals surface area contributed by atoms with E-state index in [4.69, 9.17) is 4.74 Å². The Morgan fingerprint density at radius 3 is 2.73 bits per heavy atom. The molecule has 1 aliphatic heterocycles. The fourth-order valence-electron chi connectivity index (χ4n) is 2.92. The number of para-hydroxylation sites is 1. The summed E-state index contributed by atoms with van der Waals surface area (Å²) in [7, 11) is 1.86. The SMILES string of the molecule is CCC1(C(=O)N(C)CCOc2ccccc2C)CCCN1.Cl. The molecule has 2 rings (SSSR count). The Bertz CT molecular complexity index is 487. The average Bonchev–Trinajstić information content (AvgIpc) is 2.98. The standard InChI is InChI=1S/C17H26N2O2.ClH/c1-4-17(10-7-11-18-17)16(20)19(3)12-13-21-15-9-6-5-8-14(15)2;/h5-6,8-9,18H,4,7,10-13H2,1-3H3;1H. The Balaban J connectivity index is 0.00000242. The maximum Gasteiger partial charge on any atom is 0.242 e. The van der Waals surface area contributed by atoms with Crippen molar-refractivity contribution in [3.05, 3.63) is 29.8 Å². The number of aryl methyl sites for hydroxylation is 1. The lowest BCUT2D eigenvalue weighted by Crippen LogP contribution is -2.54. The van der Waals surface area contributed by atoms with E-state index in [-0.39, 0.29) is 23.9 Å². The van der Waals surface area contributed by atoms with Gasteiger partial charge in [-0.2, -0.15) is 0 Å². The molecule has 4 nitrogen and oxygen atoms in total. The monoisotopic (exact) mass is 326 g/mol. The summed E-state index contributed by atoms with van der Waals surface area (Å²) >= 11 is 0. The molecule has 1 fully saturated rings. The lowest BCUT2D eigenvalue weighted by atomic mass is 9.92. The first kappa shape index (κ1) is 18.8. The highest BCUT2D eigenvalue weighted by Crippen LogP contribution is 2.25. The number of rotatable bonds is 6. The number of nitrogens with one attached hydrogen (secondary N) is 1. The molecule has 124 valence electrons. The van der Waals surface area contributed by atoms with Gasteiger partial charge < -0.3 is 15.0 Å². The molecule has 1 aromatic rings. The van der Waals surface area contributed by atoms with Gasteiger partial charge in [0.25, 0.3) is 0 Å². The average molecular weight is 327 g/mol. The molecule has 1 N–H and O–H groups in total. The maximum absolute atomic E-state index is 12.6. The molecule has 0 bridgehead atoms. The van der Waals surface area contributed by atoms with E-state index >= 15 is 0 Å². The second-order valence-corrected chi connectivity index (χ2v) is 5.81. The van der Waals surface area contributed by atoms with Gasteiger partial charge in [0.15, 0.2) is 0 Å². The summed E-state index contributed by atoms with van der Waals surface area (Å²) < 4.78 is 5.77. The number of benzene rings is 1. The highest BCUT2D eigenvalue weighted by Gasteiger charge is 2.40. The van der Waals surface area contributed by atoms with Gasteiger partial charge in [0, 0.05) is 7.05 Å². The molecule has 22 heavy (non-hydrogen) atoms. The first-order chi connectivity index (χ1) is 10.1. The quantitative estimate of drug-likeness (QED) is 0.874. The molecule has 1 amide bonds. The number of hydrogen-bond acceptors (Lipinski definition) is 3. The third kappa shape index (κ3) is 4.14. The molecule has 0 saturated carbocycles. The van der Waals surface area contributed by atoms with Gasteiger partial charge >= 0.3 is 0 Å². The highest BCUT2D eigenvalue weighted by atomic mass is 35.5. The molecular weight excluding hydrogens is 300 g/mol. The maximum atomic E-state index is 12.6. The van der Waals surface area contributed by atoms with E-state index in [9.17, 15) is 4.79 Å². The number of likely N-dealkylation sites (N-methyl/N-ethyl adjacent to an activating group) is 1. The van der Waals surface area contributed by atoms with Crippen LogP contribution in [0.4, 0.5) is 0 Å². The summed E-state index contributed by atoms with van der Waals surface area (Å²) in [5.74, 6) is 1.08. The molecular formula is C17H27ClN2O2. The van der Waals surface area contributed by atoms with Crippen LogP contribution in [0.1, 0.15) is 31.7 Å². The van der Waals surface area contributed by atoms with Gasteiger partial charge in [-0.15, -0.1) is 12.4 Å². The van der Waals surface area contributed by atoms with Gasteiger partial charge in [-0.05, 0) is 44.4 Å². The first-order valence-electron chi connectivity index (χ1n) is 7.78. The molecule has 0 aromatic heterocycles. The molecule has 0 aliphatic carbocycles. The minimum atomic E-state index is -0.350. The summed E-state index contributed by atoms with van der Waals surface area (Å²) in [6.07, 6.45) is 2.85. The van der Waals surface area contributed by atoms with Crippen LogP contribution in [0.2, 0.25) is 0 Å². The Morgan fingerprint density at radius 1 is 1.41 bits per heavy atom. The van der Waals surface area contributed by atoms with Crippen LogP contribution in [0.5, 0.6) is 5.75 Å². The first-order valence-corrected chi connectivity index (χ1v) is 7.78. The Hall–Kier alpha value is -1.26. The lowest BCUT2D eigenvalue weighted by Gasteiger charge is -2.31. The van der Waals surface area contributed by atoms with E-state index < -0.39 is 0 Å². The number of ether oxygens (including phenoxy) is 1. The van der Waals surface area contributed by atoms with Crippen molar-refractivity contribution in [2.24, 2.45) is 0 Å². The molecule has 1 aliphatic rings. The Morgan fingerprint density at radius 2 is 2.14 bits per heavy atom. The largest absolute Gasteiger partial charge is 0.491 e. The number of amides is 1. The topological polar surface area (TPSA) is 41.6 Å². The molecule has 1 aromatic carbocycles. The zero-order chi connectivity index (χ0) is 15.3. The second kappa shape index (κ2) is 8.39. The van der Waals surface area contributed by atoms with E-state index in [1.165, 1.54) is 0 Å². The molecule has 5 heteroatoms. The van der Waals surface area contributed by atoms with Crippen LogP contribution in [0, 0.1) is 6.92 Å². The van der Waals surface area contributed by atoms with Crippen LogP contribution in [-0.4, -0.2) is 43.1 Å². The zero-order valence-corrected chi connectivity index (χ0v) is 14.5. The van der Waals surface area contributed by atoms with Crippen LogP contribution < -0.4 is 10.1 Å². The van der Waals surface area contributed by atoms with Gasteiger partial charge in [-0.25, -0.2) is 0 Å². The van der Waals surface area contributed by atoms with Crippen molar-refractivity contribution in [1.29, 1.82) is 0 Å². The minimum Gasteiger partial charge on any atom is -0.491 e. The van der Waals surface area contributed by atoms with Crippen LogP contribution in [0.15, 0.2) is 24.3 Å². The lowest BCUT2D eigenvalue weighted by molar-refractivity contribution is -0.137. The number of carbonyl (C=O) groups excluding carboxylic acids is 1. The molecule has 1 unspecified atom stereocenters. The van der Waals surface area contributed by atoms with Crippen molar-refractivity contribution in [2.75, 3.05) is 26.7 Å². The molecule has 1 heterocycles. The summed E-state index contributed by atoms with van der Waals surface area (Å²) in [5, 5.41) is 3.39. The smallest absolute Gasteiger partial charge is 0.242 e. The third-order valence-electron chi connectivity index (χ3n) is 4.38. The minimum absolute atomic E-state index is 0. The fourth-order valence-corrected chi connectivity index (χ4v) is 2.92. The summed E-state index contributed by atoms with van der Waals surface area (Å²) in [6.45, 7) is 6.17. The van der Waals surface area contributed by atoms with E-state index in [0.29, 0.717) is 13.2 Å². The predicted molar refractivity (Wildman–Crippen MR) is 91.8 cm³/mol. The third-order valence-corrected chi connectivity index (χ3v) is 4.38. The van der Waals surface area contributed by atoms with Crippen LogP contribution in [-0.2, 0) is 4.79 Å². The molecule has 1 atom stereocenters. The van der Waals surface area contributed by atoms with Crippen molar-refractivity contribution < 1.29 is 9.53 Å². The van der Waals surface area contributed by atoms with Gasteiger partial charge in [0.2, 0.25) is 5.91 Å². The number of hydrogen-bond donors (Lipinski definition) is 1. The van der Waals surface area contributed by atoms with E-state index in [1.54, 1.807) is 4.90 Å². The van der Waals surface area contributed by atoms with Crippen molar-refractivity contribution >= 4 is 18.3 Å². The Kier molecular flexibility index (Phi) is 7.17. The van der Waals surface area contributed by atoms with Crippen LogP contribution in [0.25, 0.3) is 0 Å². The number of nitrogens with zero attached hydrogens (tertiary/aromatic N) is 1. The van der Waals surface area contributed by atoms with Gasteiger partial charge in [-0.1, -0.05) is 25.1 Å². The predicted octanol–water partition coefficient (Wildman–Crippen LogP) is 2.79. The van der Waals surface area contributed by atoms with Crippen LogP contribution >= 0.6 is 12.4 Å². The van der Waals surface area contributed by atoms with Crippen molar-refractivity contribution in [2.45, 2.75) is 38.6 Å². The fraction of sp³-hybridized carbons (Fsp3) is 0.588. The van der Waals surface area contributed by atoms with Crippen molar-refractivity contribution in [3.63, 3.8) is 0 Å². The molecule has 0 radical (unpaired) electrons. The summed E-state index contributed by atoms with van der Waals surface area (Å²) in [4.78, 5) is 14.4. The normalized spacial score (nSPS) is 20.3. The van der Waals surface area contributed by atoms with Gasteiger partial charge in [0.05, 0.1) is 12.1 Å². The molecule has 1 saturated heterocycles.